The maximum atomic E-state index is 12.1. The molecule has 0 radical (unpaired) electrons. The summed E-state index contributed by atoms with van der Waals surface area (Å²) >= 11 is 0. The molecule has 0 saturated heterocycles. The summed E-state index contributed by atoms with van der Waals surface area (Å²) in [5, 5.41) is 0. The van der Waals surface area contributed by atoms with Crippen molar-refractivity contribution in [1.82, 2.24) is 4.98 Å². The van der Waals surface area contributed by atoms with Crippen molar-refractivity contribution in [3.8, 4) is 0 Å². The molecule has 0 unspecified atom stereocenters. The highest BCUT2D eigenvalue weighted by Crippen LogP contribution is 2.23. The number of ketones is 1. The second-order valence-corrected chi connectivity index (χ2v) is 2.33. The lowest BCUT2D eigenvalue weighted by atomic mass is 10.4. The third-order valence-electron chi connectivity index (χ3n) is 1.33. The number of aromatic nitrogens is 1. The van der Waals surface area contributed by atoms with E-state index >= 15 is 0 Å². The van der Waals surface area contributed by atoms with Gasteiger partial charge in [-0.1, -0.05) is 0 Å². The van der Waals surface area contributed by atoms with E-state index in [9.17, 15) is 13.6 Å². The SMILES string of the molecule is CC(=O)c1nc(C)c(C(F)F)o1. The van der Waals surface area contributed by atoms with Crippen molar-refractivity contribution in [3.05, 3.63) is 17.3 Å². The van der Waals surface area contributed by atoms with Crippen LogP contribution in [-0.2, 0) is 0 Å². The topological polar surface area (TPSA) is 43.1 Å². The van der Waals surface area contributed by atoms with E-state index < -0.39 is 18.0 Å². The molecule has 0 aliphatic heterocycles. The van der Waals surface area contributed by atoms with Crippen LogP contribution in [0.5, 0.6) is 0 Å². The molecule has 1 rings (SSSR count). The highest BCUT2D eigenvalue weighted by Gasteiger charge is 2.19. The summed E-state index contributed by atoms with van der Waals surface area (Å²) in [5.74, 6) is -1.24. The lowest BCUT2D eigenvalue weighted by molar-refractivity contribution is 0.0949. The minimum absolute atomic E-state index is 0.0650. The van der Waals surface area contributed by atoms with E-state index in [4.69, 9.17) is 0 Å². The quantitative estimate of drug-likeness (QED) is 0.646. The van der Waals surface area contributed by atoms with E-state index in [1.54, 1.807) is 0 Å². The molecule has 66 valence electrons. The van der Waals surface area contributed by atoms with Gasteiger partial charge < -0.3 is 4.42 Å². The van der Waals surface area contributed by atoms with Crippen LogP contribution in [0.1, 0.15) is 35.5 Å². The number of carbonyl (C=O) groups is 1. The Balaban J connectivity index is 3.09. The normalized spacial score (nSPS) is 10.8. The van der Waals surface area contributed by atoms with Crippen molar-refractivity contribution in [1.29, 1.82) is 0 Å². The average molecular weight is 175 g/mol. The van der Waals surface area contributed by atoms with Crippen LogP contribution in [-0.4, -0.2) is 10.8 Å². The Morgan fingerprint density at radius 1 is 1.58 bits per heavy atom. The smallest absolute Gasteiger partial charge is 0.297 e. The number of aryl methyl sites for hydroxylation is 1. The fraction of sp³-hybridized carbons (Fsp3) is 0.429. The lowest BCUT2D eigenvalue weighted by Crippen LogP contribution is -1.90. The van der Waals surface area contributed by atoms with Crippen molar-refractivity contribution >= 4 is 5.78 Å². The van der Waals surface area contributed by atoms with Crippen LogP contribution in [0.25, 0.3) is 0 Å². The maximum absolute atomic E-state index is 12.1. The van der Waals surface area contributed by atoms with Crippen LogP contribution in [0.4, 0.5) is 8.78 Å². The average Bonchev–Trinajstić information content (AvgIpc) is 2.30. The molecule has 1 aromatic rings. The molecular formula is C7H7F2NO2. The molecule has 1 aromatic heterocycles. The molecule has 5 heteroatoms. The van der Waals surface area contributed by atoms with Gasteiger partial charge in [0.1, 0.15) is 0 Å². The van der Waals surface area contributed by atoms with Crippen LogP contribution in [0.2, 0.25) is 0 Å². The number of nitrogens with zero attached hydrogens (tertiary/aromatic N) is 1. The Morgan fingerprint density at radius 3 is 2.42 bits per heavy atom. The zero-order valence-electron chi connectivity index (χ0n) is 6.60. The van der Waals surface area contributed by atoms with Gasteiger partial charge in [-0.05, 0) is 6.92 Å². The molecule has 3 nitrogen and oxygen atoms in total. The van der Waals surface area contributed by atoms with Crippen molar-refractivity contribution < 1.29 is 18.0 Å². The van der Waals surface area contributed by atoms with Gasteiger partial charge in [-0.15, -0.1) is 0 Å². The van der Waals surface area contributed by atoms with Gasteiger partial charge in [0.2, 0.25) is 5.78 Å². The van der Waals surface area contributed by atoms with Crippen molar-refractivity contribution in [2.45, 2.75) is 20.3 Å². The fourth-order valence-corrected chi connectivity index (χ4v) is 0.761. The highest BCUT2D eigenvalue weighted by molar-refractivity contribution is 5.89. The summed E-state index contributed by atoms with van der Waals surface area (Å²) in [7, 11) is 0. The summed E-state index contributed by atoms with van der Waals surface area (Å²) < 4.78 is 28.6. The first-order valence-electron chi connectivity index (χ1n) is 3.28. The number of carbonyl (C=O) groups excluding carboxylic acids is 1. The molecular weight excluding hydrogens is 168 g/mol. The standard InChI is InChI=1S/C7H7F2NO2/c1-3-5(6(8)9)12-7(10-3)4(2)11/h6H,1-2H3. The fourth-order valence-electron chi connectivity index (χ4n) is 0.761. The number of halogens is 2. The van der Waals surface area contributed by atoms with Crippen molar-refractivity contribution in [2.75, 3.05) is 0 Å². The molecule has 0 aromatic carbocycles. The number of alkyl halides is 2. The first-order chi connectivity index (χ1) is 5.52. The van der Waals surface area contributed by atoms with Gasteiger partial charge >= 0.3 is 0 Å². The third kappa shape index (κ3) is 1.49. The van der Waals surface area contributed by atoms with Crippen molar-refractivity contribution in [3.63, 3.8) is 0 Å². The van der Waals surface area contributed by atoms with E-state index in [-0.39, 0.29) is 11.6 Å². The monoisotopic (exact) mass is 175 g/mol. The zero-order valence-corrected chi connectivity index (χ0v) is 6.60. The van der Waals surface area contributed by atoms with Crippen molar-refractivity contribution in [2.24, 2.45) is 0 Å². The van der Waals surface area contributed by atoms with Crippen LogP contribution in [0, 0.1) is 6.92 Å². The maximum Gasteiger partial charge on any atom is 0.297 e. The summed E-state index contributed by atoms with van der Waals surface area (Å²) in [4.78, 5) is 14.2. The predicted octanol–water partition coefficient (Wildman–Crippen LogP) is 2.12. The van der Waals surface area contributed by atoms with Gasteiger partial charge in [-0.3, -0.25) is 4.79 Å². The number of hydrogen-bond acceptors (Lipinski definition) is 3. The van der Waals surface area contributed by atoms with Gasteiger partial charge in [0.25, 0.3) is 12.3 Å². The molecule has 0 N–H and O–H groups in total. The van der Waals surface area contributed by atoms with Gasteiger partial charge in [0, 0.05) is 6.92 Å². The van der Waals surface area contributed by atoms with Gasteiger partial charge in [-0.2, -0.15) is 0 Å². The molecule has 12 heavy (non-hydrogen) atoms. The molecule has 0 aliphatic carbocycles. The van der Waals surface area contributed by atoms with Gasteiger partial charge in [0.15, 0.2) is 5.76 Å². The Hall–Kier alpha value is -1.26. The summed E-state index contributed by atoms with van der Waals surface area (Å²) in [6.45, 7) is 2.58. The minimum Gasteiger partial charge on any atom is -0.432 e. The number of rotatable bonds is 2. The summed E-state index contributed by atoms with van der Waals surface area (Å²) in [6.07, 6.45) is -2.72. The Bertz CT molecular complexity index is 306. The summed E-state index contributed by atoms with van der Waals surface area (Å²) in [5.41, 5.74) is 0.0650. The number of hydrogen-bond donors (Lipinski definition) is 0. The van der Waals surface area contributed by atoms with Crippen LogP contribution in [0.15, 0.2) is 4.42 Å². The molecule has 0 atom stereocenters. The number of oxazole rings is 1. The molecule has 0 aliphatic rings. The second kappa shape index (κ2) is 3.00. The van der Waals surface area contributed by atoms with Crippen LogP contribution >= 0.6 is 0 Å². The first-order valence-corrected chi connectivity index (χ1v) is 3.28. The molecule has 0 saturated carbocycles. The third-order valence-corrected chi connectivity index (χ3v) is 1.33. The second-order valence-electron chi connectivity index (χ2n) is 2.33. The van der Waals surface area contributed by atoms with Crippen LogP contribution in [0.3, 0.4) is 0 Å². The largest absolute Gasteiger partial charge is 0.432 e. The molecule has 0 amide bonds. The number of Topliss-reactive ketones (excluding diaryl/α,β-unsaturated/α-hetero) is 1. The van der Waals surface area contributed by atoms with Crippen LogP contribution < -0.4 is 0 Å². The summed E-state index contributed by atoms with van der Waals surface area (Å²) in [6, 6.07) is 0. The Labute approximate surface area is 67.4 Å². The van der Waals surface area contributed by atoms with Gasteiger partial charge in [-0.25, -0.2) is 13.8 Å². The van der Waals surface area contributed by atoms with Gasteiger partial charge in [0.05, 0.1) is 5.69 Å². The Morgan fingerprint density at radius 2 is 2.17 bits per heavy atom. The Kier molecular flexibility index (Phi) is 2.21. The highest BCUT2D eigenvalue weighted by atomic mass is 19.3. The molecule has 0 fully saturated rings. The van der Waals surface area contributed by atoms with E-state index in [1.165, 1.54) is 13.8 Å². The predicted molar refractivity (Wildman–Crippen MR) is 36.2 cm³/mol. The van der Waals surface area contributed by atoms with E-state index in [1.807, 2.05) is 0 Å². The minimum atomic E-state index is -2.72. The zero-order chi connectivity index (χ0) is 9.30. The molecule has 0 spiro atoms. The molecule has 1 heterocycles. The lowest BCUT2D eigenvalue weighted by Gasteiger charge is -1.91. The molecule has 0 bridgehead atoms. The first kappa shape index (κ1) is 8.83. The van der Waals surface area contributed by atoms with E-state index in [2.05, 4.69) is 9.40 Å². The van der Waals surface area contributed by atoms with E-state index in [0.717, 1.165) is 0 Å². The van der Waals surface area contributed by atoms with E-state index in [0.29, 0.717) is 0 Å².